The van der Waals surface area contributed by atoms with Gasteiger partial charge in [0.15, 0.2) is 11.3 Å². The number of carbonyl (C=O) groups excluding carboxylic acids is 2. The lowest BCUT2D eigenvalue weighted by molar-refractivity contribution is 0.0668. The summed E-state index contributed by atoms with van der Waals surface area (Å²) in [6.07, 6.45) is 8.02. The van der Waals surface area contributed by atoms with Crippen molar-refractivity contribution in [2.24, 2.45) is 18.4 Å². The molecule has 5 rings (SSSR count). The molecule has 1 saturated heterocycles. The Balaban J connectivity index is 1.14. The summed E-state index contributed by atoms with van der Waals surface area (Å²) in [4.78, 5) is 31.2. The number of furan rings is 1. The Morgan fingerprint density at radius 2 is 2.10 bits per heavy atom. The highest BCUT2D eigenvalue weighted by atomic mass is 16.3. The zero-order valence-electron chi connectivity index (χ0n) is 17.2. The number of aromatic nitrogens is 3. The van der Waals surface area contributed by atoms with Gasteiger partial charge in [-0.05, 0) is 49.7 Å². The van der Waals surface area contributed by atoms with E-state index in [4.69, 9.17) is 4.42 Å². The van der Waals surface area contributed by atoms with Crippen LogP contribution in [-0.4, -0.2) is 51.1 Å². The van der Waals surface area contributed by atoms with Gasteiger partial charge in [0, 0.05) is 44.0 Å². The molecule has 2 fully saturated rings. The third-order valence-electron chi connectivity index (χ3n) is 6.93. The molecule has 3 aromatic heterocycles. The topological polar surface area (TPSA) is 93.3 Å². The van der Waals surface area contributed by atoms with E-state index < -0.39 is 0 Å². The van der Waals surface area contributed by atoms with Gasteiger partial charge in [-0.1, -0.05) is 0 Å². The molecule has 30 heavy (non-hydrogen) atoms. The molecule has 1 N–H and O–H groups in total. The number of piperidine rings is 1. The summed E-state index contributed by atoms with van der Waals surface area (Å²) in [7, 11) is 1.85. The molecule has 1 spiro atoms. The standard InChI is InChI=1S/C22H25N5O3/c1-14-17(12-25-26(14)2)21(29)27-7-4-22(5-8-27)10-16(22)11-24-20(28)18-9-15-3-6-23-13-19(15)30-18/h3,6,9,12-13,16H,4-5,7-8,10-11H2,1-2H3,(H,24,28)/t16-/m1/s1. The van der Waals surface area contributed by atoms with E-state index >= 15 is 0 Å². The second-order valence-corrected chi connectivity index (χ2v) is 8.56. The maximum absolute atomic E-state index is 12.8. The lowest BCUT2D eigenvalue weighted by Crippen LogP contribution is -2.40. The maximum atomic E-state index is 12.8. The van der Waals surface area contributed by atoms with E-state index in [1.807, 2.05) is 24.9 Å². The number of pyridine rings is 1. The first-order valence-corrected chi connectivity index (χ1v) is 10.4. The van der Waals surface area contributed by atoms with E-state index in [2.05, 4.69) is 15.4 Å². The molecule has 0 unspecified atom stereocenters. The number of nitrogens with zero attached hydrogens (tertiary/aromatic N) is 4. The van der Waals surface area contributed by atoms with Crippen LogP contribution < -0.4 is 5.32 Å². The molecule has 8 nitrogen and oxygen atoms in total. The average molecular weight is 407 g/mol. The molecular formula is C22H25N5O3. The van der Waals surface area contributed by atoms with Gasteiger partial charge in [0.05, 0.1) is 18.0 Å². The predicted octanol–water partition coefficient (Wildman–Crippen LogP) is 2.54. The Morgan fingerprint density at radius 1 is 1.30 bits per heavy atom. The summed E-state index contributed by atoms with van der Waals surface area (Å²) >= 11 is 0. The predicted molar refractivity (Wildman–Crippen MR) is 110 cm³/mol. The van der Waals surface area contributed by atoms with Crippen LogP contribution >= 0.6 is 0 Å². The molecule has 1 aliphatic heterocycles. The molecule has 0 aromatic carbocycles. The average Bonchev–Trinajstić information content (AvgIpc) is 3.08. The highest BCUT2D eigenvalue weighted by molar-refractivity contribution is 5.96. The second-order valence-electron chi connectivity index (χ2n) is 8.56. The first-order chi connectivity index (χ1) is 14.5. The quantitative estimate of drug-likeness (QED) is 0.717. The summed E-state index contributed by atoms with van der Waals surface area (Å²) in [5.41, 5.74) is 2.46. The fraction of sp³-hybridized carbons (Fsp3) is 0.455. The van der Waals surface area contributed by atoms with Gasteiger partial charge in [-0.25, -0.2) is 0 Å². The third-order valence-corrected chi connectivity index (χ3v) is 6.93. The van der Waals surface area contributed by atoms with Crippen LogP contribution in [0.3, 0.4) is 0 Å². The van der Waals surface area contributed by atoms with Crippen molar-refractivity contribution >= 4 is 22.8 Å². The lowest BCUT2D eigenvalue weighted by Gasteiger charge is -2.33. The monoisotopic (exact) mass is 407 g/mol. The molecule has 1 atom stereocenters. The van der Waals surface area contributed by atoms with E-state index in [1.54, 1.807) is 29.3 Å². The first-order valence-electron chi connectivity index (χ1n) is 10.4. The van der Waals surface area contributed by atoms with Gasteiger partial charge < -0.3 is 14.6 Å². The smallest absolute Gasteiger partial charge is 0.287 e. The first kappa shape index (κ1) is 18.8. The van der Waals surface area contributed by atoms with Crippen LogP contribution in [0.25, 0.3) is 11.0 Å². The molecule has 0 radical (unpaired) electrons. The fourth-order valence-electron chi connectivity index (χ4n) is 4.67. The van der Waals surface area contributed by atoms with Gasteiger partial charge in [-0.2, -0.15) is 5.10 Å². The Morgan fingerprint density at radius 3 is 2.80 bits per heavy atom. The third kappa shape index (κ3) is 3.16. The zero-order valence-corrected chi connectivity index (χ0v) is 17.2. The highest BCUT2D eigenvalue weighted by Gasteiger charge is 2.54. The van der Waals surface area contributed by atoms with Crippen molar-refractivity contribution in [1.29, 1.82) is 0 Å². The zero-order chi connectivity index (χ0) is 20.9. The number of hydrogen-bond donors (Lipinski definition) is 1. The number of fused-ring (bicyclic) bond motifs is 1. The number of rotatable bonds is 4. The Kier molecular flexibility index (Phi) is 4.38. The molecule has 1 saturated carbocycles. The number of carbonyl (C=O) groups is 2. The van der Waals surface area contributed by atoms with Crippen LogP contribution in [0.15, 0.2) is 35.1 Å². The number of amides is 2. The molecule has 1 aliphatic carbocycles. The van der Waals surface area contributed by atoms with Gasteiger partial charge in [0.2, 0.25) is 0 Å². The number of nitrogens with one attached hydrogen (secondary N) is 1. The molecule has 8 heteroatoms. The normalized spacial score (nSPS) is 19.9. The van der Waals surface area contributed by atoms with Crippen LogP contribution in [0.4, 0.5) is 0 Å². The number of likely N-dealkylation sites (tertiary alicyclic amines) is 1. The van der Waals surface area contributed by atoms with Crippen molar-refractivity contribution in [1.82, 2.24) is 25.0 Å². The van der Waals surface area contributed by atoms with Crippen molar-refractivity contribution in [2.75, 3.05) is 19.6 Å². The van der Waals surface area contributed by atoms with Gasteiger partial charge in [-0.3, -0.25) is 19.3 Å². The molecule has 0 bridgehead atoms. The largest absolute Gasteiger partial charge is 0.449 e. The van der Waals surface area contributed by atoms with Crippen molar-refractivity contribution in [2.45, 2.75) is 26.2 Å². The molecule has 4 heterocycles. The van der Waals surface area contributed by atoms with Gasteiger partial charge >= 0.3 is 0 Å². The van der Waals surface area contributed by atoms with Crippen LogP contribution in [0.1, 0.15) is 45.9 Å². The summed E-state index contributed by atoms with van der Waals surface area (Å²) < 4.78 is 7.32. The van der Waals surface area contributed by atoms with Gasteiger partial charge in [0.25, 0.3) is 11.8 Å². The van der Waals surface area contributed by atoms with Gasteiger partial charge in [-0.15, -0.1) is 0 Å². The molecule has 2 aliphatic rings. The van der Waals surface area contributed by atoms with Gasteiger partial charge in [0.1, 0.15) is 0 Å². The molecular weight excluding hydrogens is 382 g/mol. The Bertz CT molecular complexity index is 1090. The van der Waals surface area contributed by atoms with Crippen molar-refractivity contribution in [3.8, 4) is 0 Å². The molecule has 3 aromatic rings. The Hall–Kier alpha value is -3.16. The van der Waals surface area contributed by atoms with Crippen LogP contribution in [-0.2, 0) is 7.05 Å². The molecule has 156 valence electrons. The SMILES string of the molecule is Cc1c(C(=O)N2CCC3(CC2)C[C@@H]3CNC(=O)c2cc3ccncc3o2)cnn1C. The summed E-state index contributed by atoms with van der Waals surface area (Å²) in [5.74, 6) is 0.665. The lowest BCUT2D eigenvalue weighted by atomic mass is 9.90. The highest BCUT2D eigenvalue weighted by Crippen LogP contribution is 2.59. The van der Waals surface area contributed by atoms with Crippen LogP contribution in [0.5, 0.6) is 0 Å². The minimum absolute atomic E-state index is 0.0697. The van der Waals surface area contributed by atoms with Crippen molar-refractivity contribution in [3.63, 3.8) is 0 Å². The van der Waals surface area contributed by atoms with E-state index in [0.29, 0.717) is 29.4 Å². The van der Waals surface area contributed by atoms with E-state index in [0.717, 1.165) is 43.4 Å². The number of hydrogen-bond acceptors (Lipinski definition) is 5. The van der Waals surface area contributed by atoms with Crippen molar-refractivity contribution < 1.29 is 14.0 Å². The Labute approximate surface area is 174 Å². The van der Waals surface area contributed by atoms with Crippen LogP contribution in [0.2, 0.25) is 0 Å². The van der Waals surface area contributed by atoms with E-state index in [9.17, 15) is 9.59 Å². The minimum Gasteiger partial charge on any atom is -0.449 e. The second kappa shape index (κ2) is 6.97. The fourth-order valence-corrected chi connectivity index (χ4v) is 4.67. The van der Waals surface area contributed by atoms with E-state index in [1.165, 1.54) is 0 Å². The van der Waals surface area contributed by atoms with Crippen LogP contribution in [0, 0.1) is 18.3 Å². The van der Waals surface area contributed by atoms with E-state index in [-0.39, 0.29) is 17.2 Å². The summed E-state index contributed by atoms with van der Waals surface area (Å²) in [5, 5.41) is 8.08. The number of aryl methyl sites for hydroxylation is 1. The summed E-state index contributed by atoms with van der Waals surface area (Å²) in [6, 6.07) is 3.58. The van der Waals surface area contributed by atoms with Crippen molar-refractivity contribution in [3.05, 3.63) is 47.7 Å². The minimum atomic E-state index is -0.187. The summed E-state index contributed by atoms with van der Waals surface area (Å²) in [6.45, 7) is 4.08. The maximum Gasteiger partial charge on any atom is 0.287 e. The molecule has 2 amide bonds.